The van der Waals surface area contributed by atoms with Crippen molar-refractivity contribution in [1.29, 1.82) is 10.8 Å². The number of amidine groups is 1. The molecule has 0 saturated heterocycles. The highest BCUT2D eigenvalue weighted by atomic mass is 19.4. The first-order valence-corrected chi connectivity index (χ1v) is 11.7. The van der Waals surface area contributed by atoms with Gasteiger partial charge in [-0.15, -0.1) is 0 Å². The molecule has 1 aromatic carbocycles. The third-order valence-electron chi connectivity index (χ3n) is 6.78. The van der Waals surface area contributed by atoms with E-state index in [1.54, 1.807) is 13.1 Å². The van der Waals surface area contributed by atoms with Crippen molar-refractivity contribution >= 4 is 23.1 Å². The van der Waals surface area contributed by atoms with Gasteiger partial charge in [0, 0.05) is 23.9 Å². The lowest BCUT2D eigenvalue weighted by molar-refractivity contribution is -0.141. The van der Waals surface area contributed by atoms with Crippen molar-refractivity contribution in [2.75, 3.05) is 7.05 Å². The van der Waals surface area contributed by atoms with Crippen LogP contribution in [-0.2, 0) is 6.18 Å². The van der Waals surface area contributed by atoms with Crippen molar-refractivity contribution in [2.24, 2.45) is 5.92 Å². The van der Waals surface area contributed by atoms with Crippen LogP contribution < -0.4 is 0 Å². The number of nitrogens with one attached hydrogen (secondary N) is 3. The summed E-state index contributed by atoms with van der Waals surface area (Å²) in [7, 11) is 1.68. The molecule has 2 heterocycles. The highest BCUT2D eigenvalue weighted by Crippen LogP contribution is 2.40. The Kier molecular flexibility index (Phi) is 6.93. The summed E-state index contributed by atoms with van der Waals surface area (Å²) in [5, 5.41) is 33.7. The topological polar surface area (TPSA) is 113 Å². The minimum Gasteiger partial charge on any atom is -0.387 e. The molecule has 186 valence electrons. The van der Waals surface area contributed by atoms with Gasteiger partial charge in [0.2, 0.25) is 0 Å². The number of aromatic nitrogens is 3. The van der Waals surface area contributed by atoms with Crippen LogP contribution >= 0.6 is 0 Å². The Bertz CT molecular complexity index is 1230. The fourth-order valence-corrected chi connectivity index (χ4v) is 5.00. The second kappa shape index (κ2) is 9.77. The van der Waals surface area contributed by atoms with Gasteiger partial charge in [0.1, 0.15) is 17.2 Å². The minimum atomic E-state index is -4.67. The molecule has 35 heavy (non-hydrogen) atoms. The Morgan fingerprint density at radius 1 is 1.23 bits per heavy atom. The zero-order chi connectivity index (χ0) is 25.3. The van der Waals surface area contributed by atoms with E-state index in [-0.39, 0.29) is 28.4 Å². The van der Waals surface area contributed by atoms with Gasteiger partial charge in [-0.3, -0.25) is 15.9 Å². The second-order valence-electron chi connectivity index (χ2n) is 9.19. The average molecular weight is 487 g/mol. The Balaban J connectivity index is 1.84. The summed E-state index contributed by atoms with van der Waals surface area (Å²) >= 11 is 0. The number of halogens is 3. The number of rotatable bonds is 6. The first kappa shape index (κ1) is 24.8. The number of pyridine rings is 1. The van der Waals surface area contributed by atoms with E-state index in [2.05, 4.69) is 15.2 Å². The molecule has 4 rings (SSSR count). The lowest BCUT2D eigenvalue weighted by atomic mass is 9.75. The first-order chi connectivity index (χ1) is 16.6. The molecule has 1 aliphatic carbocycles. The number of nitrogens with zero attached hydrogens (tertiary/aromatic N) is 3. The summed E-state index contributed by atoms with van der Waals surface area (Å²) in [6.07, 6.45) is 0.520. The van der Waals surface area contributed by atoms with Gasteiger partial charge in [-0.1, -0.05) is 37.5 Å². The van der Waals surface area contributed by atoms with Crippen LogP contribution in [-0.4, -0.2) is 44.4 Å². The number of alkyl halides is 3. The minimum absolute atomic E-state index is 0.112. The third-order valence-corrected chi connectivity index (χ3v) is 6.78. The van der Waals surface area contributed by atoms with Gasteiger partial charge < -0.3 is 10.0 Å². The molecule has 1 saturated carbocycles. The van der Waals surface area contributed by atoms with E-state index in [0.717, 1.165) is 50.1 Å². The zero-order valence-electron chi connectivity index (χ0n) is 19.7. The number of hydrogen-bond acceptors (Lipinski definition) is 5. The Labute approximate surface area is 201 Å². The van der Waals surface area contributed by atoms with Gasteiger partial charge in [0.15, 0.2) is 0 Å². The van der Waals surface area contributed by atoms with Crippen LogP contribution in [0.15, 0.2) is 30.3 Å². The van der Waals surface area contributed by atoms with Crippen molar-refractivity contribution in [3.8, 4) is 11.3 Å². The molecule has 10 heteroatoms. The average Bonchev–Trinajstić information content (AvgIpc) is 3.27. The first-order valence-electron chi connectivity index (χ1n) is 11.7. The maximum absolute atomic E-state index is 13.6. The summed E-state index contributed by atoms with van der Waals surface area (Å²) in [4.78, 5) is 5.13. The summed E-state index contributed by atoms with van der Waals surface area (Å²) in [5.41, 5.74) is 0.855. The molecule has 1 aliphatic rings. The molecule has 2 unspecified atom stereocenters. The van der Waals surface area contributed by atoms with E-state index in [4.69, 9.17) is 10.8 Å². The maximum Gasteiger partial charge on any atom is 0.433 e. The monoisotopic (exact) mass is 486 g/mol. The maximum atomic E-state index is 13.6. The van der Waals surface area contributed by atoms with Crippen molar-refractivity contribution < 1.29 is 18.3 Å². The molecule has 0 spiro atoms. The molecule has 0 amide bonds. The molecule has 3 aromatic rings. The predicted octanol–water partition coefficient (Wildman–Crippen LogP) is 5.88. The molecule has 0 radical (unpaired) electrons. The van der Waals surface area contributed by atoms with E-state index >= 15 is 0 Å². The second-order valence-corrected chi connectivity index (χ2v) is 9.19. The van der Waals surface area contributed by atoms with Crippen molar-refractivity contribution in [1.82, 2.24) is 20.1 Å². The lowest BCUT2D eigenvalue weighted by Gasteiger charge is -2.33. The molecular formula is C25H29F3N6O. The zero-order valence-corrected chi connectivity index (χ0v) is 19.7. The van der Waals surface area contributed by atoms with Crippen molar-refractivity contribution in [3.63, 3.8) is 0 Å². The van der Waals surface area contributed by atoms with Crippen LogP contribution in [0.1, 0.15) is 68.0 Å². The molecular weight excluding hydrogens is 457 g/mol. The molecule has 1 fully saturated rings. The van der Waals surface area contributed by atoms with Crippen molar-refractivity contribution in [2.45, 2.75) is 57.2 Å². The van der Waals surface area contributed by atoms with Crippen LogP contribution in [0.4, 0.5) is 13.2 Å². The Morgan fingerprint density at radius 3 is 2.57 bits per heavy atom. The normalized spacial score (nSPS) is 16.7. The van der Waals surface area contributed by atoms with Gasteiger partial charge in [-0.25, -0.2) is 4.98 Å². The summed E-state index contributed by atoms with van der Waals surface area (Å²) in [5.74, 6) is 0.316. The van der Waals surface area contributed by atoms with Crippen LogP contribution in [0, 0.1) is 16.7 Å². The van der Waals surface area contributed by atoms with Crippen LogP contribution in [0.2, 0.25) is 0 Å². The molecule has 0 aliphatic heterocycles. The highest BCUT2D eigenvalue weighted by molar-refractivity contribution is 5.96. The fraction of sp³-hybridized carbons (Fsp3) is 0.440. The number of aliphatic hydroxyl groups is 1. The lowest BCUT2D eigenvalue weighted by Crippen LogP contribution is -2.34. The van der Waals surface area contributed by atoms with E-state index in [0.29, 0.717) is 17.1 Å². The van der Waals surface area contributed by atoms with E-state index < -0.39 is 18.0 Å². The highest BCUT2D eigenvalue weighted by Gasteiger charge is 2.35. The molecule has 7 nitrogen and oxygen atoms in total. The fourth-order valence-electron chi connectivity index (χ4n) is 5.00. The quantitative estimate of drug-likeness (QED) is 0.257. The standard InChI is InChI=1S/C25H29F3N6O/c1-14(35)21-23-18(12-19(31-21)25(26,27)28)22(32-33-23)17-10-6-9-16(11-17)20(24(30)34(2)13-29)15-7-4-3-5-8-15/h6,9-15,20,29-30,35H,3-5,7-8H2,1-2H3,(H,32,33). The number of aromatic amines is 1. The molecule has 4 N–H and O–H groups in total. The van der Waals surface area contributed by atoms with Gasteiger partial charge in [-0.2, -0.15) is 18.3 Å². The van der Waals surface area contributed by atoms with Gasteiger partial charge in [-0.05, 0) is 43.4 Å². The van der Waals surface area contributed by atoms with E-state index in [1.165, 1.54) is 11.8 Å². The smallest absolute Gasteiger partial charge is 0.387 e. The summed E-state index contributed by atoms with van der Waals surface area (Å²) < 4.78 is 40.7. The van der Waals surface area contributed by atoms with Crippen LogP contribution in [0.3, 0.4) is 0 Å². The van der Waals surface area contributed by atoms with Crippen molar-refractivity contribution in [3.05, 3.63) is 47.3 Å². The number of hydrogen-bond donors (Lipinski definition) is 4. The predicted molar refractivity (Wildman–Crippen MR) is 129 cm³/mol. The molecule has 0 bridgehead atoms. The Morgan fingerprint density at radius 2 is 1.94 bits per heavy atom. The largest absolute Gasteiger partial charge is 0.433 e. The van der Waals surface area contributed by atoms with Gasteiger partial charge in [0.05, 0.1) is 23.7 Å². The SMILES string of the molecule is CC(O)c1nc(C(F)(F)F)cc2c(-c3cccc(C(C(=N)N(C)C=N)C4CCCCC4)c3)n[nH]c12. The number of likely N-dealkylation sites (N-methyl/N-ethyl adjacent to an activating group) is 1. The molecule has 2 aromatic heterocycles. The van der Waals surface area contributed by atoms with Crippen LogP contribution in [0.25, 0.3) is 22.2 Å². The summed E-state index contributed by atoms with van der Waals surface area (Å²) in [6.45, 7) is 1.36. The number of H-pyrrole nitrogens is 1. The summed E-state index contributed by atoms with van der Waals surface area (Å²) in [6, 6.07) is 8.35. The van der Waals surface area contributed by atoms with Gasteiger partial charge in [0.25, 0.3) is 0 Å². The number of aliphatic hydroxyl groups excluding tert-OH is 1. The number of benzene rings is 1. The third kappa shape index (κ3) is 4.93. The molecule has 2 atom stereocenters. The van der Waals surface area contributed by atoms with E-state index in [1.807, 2.05) is 18.2 Å². The van der Waals surface area contributed by atoms with Gasteiger partial charge >= 0.3 is 6.18 Å². The van der Waals surface area contributed by atoms with Crippen LogP contribution in [0.5, 0.6) is 0 Å². The number of fused-ring (bicyclic) bond motifs is 1. The Hall–Kier alpha value is -3.27. The van der Waals surface area contributed by atoms with E-state index in [9.17, 15) is 18.3 Å².